The van der Waals surface area contributed by atoms with Crippen LogP contribution in [0, 0.1) is 6.92 Å². The lowest BCUT2D eigenvalue weighted by Gasteiger charge is -2.21. The lowest BCUT2D eigenvalue weighted by molar-refractivity contribution is 0.639. The van der Waals surface area contributed by atoms with Crippen molar-refractivity contribution in [1.82, 2.24) is 15.3 Å². The highest BCUT2D eigenvalue weighted by Gasteiger charge is 2.13. The van der Waals surface area contributed by atoms with Gasteiger partial charge in [0, 0.05) is 37.6 Å². The minimum atomic E-state index is 0.697. The molecule has 0 radical (unpaired) electrons. The molecule has 1 aliphatic heterocycles. The molecule has 1 aliphatic rings. The highest BCUT2D eigenvalue weighted by molar-refractivity contribution is 5.58. The van der Waals surface area contributed by atoms with E-state index in [1.54, 1.807) is 0 Å². The summed E-state index contributed by atoms with van der Waals surface area (Å²) in [5.74, 6) is 1.55. The third-order valence-corrected chi connectivity index (χ3v) is 4.98. The zero-order valence-electron chi connectivity index (χ0n) is 15.9. The highest BCUT2D eigenvalue weighted by atomic mass is 15.2. The lowest BCUT2D eigenvalue weighted by atomic mass is 9.95. The number of hydrogen-bond acceptors (Lipinski definition) is 5. The second-order valence-corrected chi connectivity index (χ2v) is 6.92. The fourth-order valence-electron chi connectivity index (χ4n) is 3.52. The van der Waals surface area contributed by atoms with Gasteiger partial charge in [-0.1, -0.05) is 36.4 Å². The minimum absolute atomic E-state index is 0.697. The predicted octanol–water partition coefficient (Wildman–Crippen LogP) is 3.81. The van der Waals surface area contributed by atoms with Gasteiger partial charge in [-0.15, -0.1) is 0 Å². The van der Waals surface area contributed by atoms with E-state index in [4.69, 9.17) is 4.98 Å². The third-order valence-electron chi connectivity index (χ3n) is 4.98. The molecule has 3 aromatic rings. The smallest absolute Gasteiger partial charge is 0.231 e. The van der Waals surface area contributed by atoms with Crippen LogP contribution >= 0.6 is 0 Å². The van der Waals surface area contributed by atoms with Gasteiger partial charge >= 0.3 is 0 Å². The van der Waals surface area contributed by atoms with Crippen molar-refractivity contribution in [2.45, 2.75) is 26.4 Å². The summed E-state index contributed by atoms with van der Waals surface area (Å²) in [5.41, 5.74) is 6.24. The van der Waals surface area contributed by atoms with Crippen LogP contribution in [0.1, 0.15) is 22.4 Å². The van der Waals surface area contributed by atoms with Gasteiger partial charge in [-0.25, -0.2) is 4.98 Å². The van der Waals surface area contributed by atoms with E-state index in [2.05, 4.69) is 45.9 Å². The van der Waals surface area contributed by atoms with Crippen LogP contribution in [0.25, 0.3) is 0 Å². The second kappa shape index (κ2) is 7.76. The molecule has 2 aromatic carbocycles. The summed E-state index contributed by atoms with van der Waals surface area (Å²) in [6.45, 7) is 4.78. The maximum absolute atomic E-state index is 4.73. The van der Waals surface area contributed by atoms with Crippen molar-refractivity contribution >= 4 is 17.5 Å². The number of anilines is 3. The van der Waals surface area contributed by atoms with Crippen LogP contribution in [0.4, 0.5) is 17.5 Å². The summed E-state index contributed by atoms with van der Waals surface area (Å²) >= 11 is 0. The first-order valence-corrected chi connectivity index (χ1v) is 9.39. The van der Waals surface area contributed by atoms with Crippen LogP contribution in [-0.4, -0.2) is 23.6 Å². The average Bonchev–Trinajstić information content (AvgIpc) is 2.72. The molecule has 0 saturated heterocycles. The molecule has 27 heavy (non-hydrogen) atoms. The number of hydrogen-bond donors (Lipinski definition) is 2. The molecule has 138 valence electrons. The molecule has 0 aliphatic carbocycles. The van der Waals surface area contributed by atoms with E-state index >= 15 is 0 Å². The minimum Gasteiger partial charge on any atom is -0.366 e. The molecule has 5 heteroatoms. The predicted molar refractivity (Wildman–Crippen MR) is 110 cm³/mol. The summed E-state index contributed by atoms with van der Waals surface area (Å²) in [7, 11) is 1.99. The van der Waals surface area contributed by atoms with Gasteiger partial charge in [0.2, 0.25) is 5.95 Å². The topological polar surface area (TPSA) is 53.1 Å². The van der Waals surface area contributed by atoms with Crippen LogP contribution in [0.5, 0.6) is 0 Å². The molecule has 0 bridgehead atoms. The Morgan fingerprint density at radius 3 is 2.78 bits per heavy atom. The molecule has 0 atom stereocenters. The van der Waals surface area contributed by atoms with Crippen LogP contribution in [0.3, 0.4) is 0 Å². The first-order chi connectivity index (χ1) is 13.2. The highest BCUT2D eigenvalue weighted by Crippen LogP contribution is 2.23. The van der Waals surface area contributed by atoms with Gasteiger partial charge in [0.05, 0.1) is 0 Å². The molecule has 0 spiro atoms. The molecule has 0 fully saturated rings. The number of nitrogens with zero attached hydrogens (tertiary/aromatic N) is 3. The Morgan fingerprint density at radius 2 is 1.93 bits per heavy atom. The van der Waals surface area contributed by atoms with Crippen LogP contribution < -0.4 is 15.5 Å². The average molecular weight is 359 g/mol. The quantitative estimate of drug-likeness (QED) is 0.725. The van der Waals surface area contributed by atoms with Crippen molar-refractivity contribution in [2.75, 3.05) is 23.8 Å². The van der Waals surface area contributed by atoms with E-state index in [-0.39, 0.29) is 0 Å². The Balaban J connectivity index is 1.54. The van der Waals surface area contributed by atoms with Crippen molar-refractivity contribution in [1.29, 1.82) is 0 Å². The molecule has 2 N–H and O–H groups in total. The molecule has 1 aromatic heterocycles. The normalized spacial score (nSPS) is 13.1. The SMILES string of the molecule is Cc1cc(NCc2cccc3c2CCNC3)nc(N(C)c2ccccc2)n1. The largest absolute Gasteiger partial charge is 0.366 e. The number of fused-ring (bicyclic) bond motifs is 1. The summed E-state index contributed by atoms with van der Waals surface area (Å²) in [4.78, 5) is 11.3. The van der Waals surface area contributed by atoms with Crippen molar-refractivity contribution in [3.8, 4) is 0 Å². The van der Waals surface area contributed by atoms with Crippen molar-refractivity contribution in [3.05, 3.63) is 77.0 Å². The van der Waals surface area contributed by atoms with E-state index in [0.29, 0.717) is 5.95 Å². The third kappa shape index (κ3) is 3.93. The van der Waals surface area contributed by atoms with Gasteiger partial charge in [0.25, 0.3) is 0 Å². The zero-order valence-corrected chi connectivity index (χ0v) is 15.9. The first kappa shape index (κ1) is 17.5. The van der Waals surface area contributed by atoms with Crippen LogP contribution in [0.15, 0.2) is 54.6 Å². The molecule has 0 unspecified atom stereocenters. The van der Waals surface area contributed by atoms with Gasteiger partial charge in [0.1, 0.15) is 5.82 Å². The van der Waals surface area contributed by atoms with Gasteiger partial charge < -0.3 is 15.5 Å². The molecule has 4 rings (SSSR count). The second-order valence-electron chi connectivity index (χ2n) is 6.92. The summed E-state index contributed by atoms with van der Waals surface area (Å²) < 4.78 is 0. The molecular weight excluding hydrogens is 334 g/mol. The molecule has 0 saturated carbocycles. The number of benzene rings is 2. The summed E-state index contributed by atoms with van der Waals surface area (Å²) in [6, 6.07) is 18.7. The molecular formula is C22H25N5. The van der Waals surface area contributed by atoms with E-state index in [1.807, 2.05) is 43.1 Å². The Labute approximate surface area is 160 Å². The maximum Gasteiger partial charge on any atom is 0.231 e. The Kier molecular flexibility index (Phi) is 5.03. The summed E-state index contributed by atoms with van der Waals surface area (Å²) in [6.07, 6.45) is 1.08. The van der Waals surface area contributed by atoms with E-state index in [1.165, 1.54) is 16.7 Å². The fraction of sp³-hybridized carbons (Fsp3) is 0.273. The Morgan fingerprint density at radius 1 is 1.07 bits per heavy atom. The summed E-state index contributed by atoms with van der Waals surface area (Å²) in [5, 5.41) is 6.94. The lowest BCUT2D eigenvalue weighted by Crippen LogP contribution is -2.25. The van der Waals surface area contributed by atoms with E-state index in [9.17, 15) is 0 Å². The van der Waals surface area contributed by atoms with Crippen LogP contribution in [0.2, 0.25) is 0 Å². The first-order valence-electron chi connectivity index (χ1n) is 9.39. The number of para-hydroxylation sites is 1. The number of nitrogens with one attached hydrogen (secondary N) is 2. The van der Waals surface area contributed by atoms with E-state index in [0.717, 1.165) is 43.3 Å². The van der Waals surface area contributed by atoms with Crippen LogP contribution in [-0.2, 0) is 19.5 Å². The number of rotatable bonds is 5. The van der Waals surface area contributed by atoms with Gasteiger partial charge in [-0.3, -0.25) is 0 Å². The Bertz CT molecular complexity index is 923. The van der Waals surface area contributed by atoms with Gasteiger partial charge in [-0.2, -0.15) is 4.98 Å². The zero-order chi connectivity index (χ0) is 18.6. The van der Waals surface area contributed by atoms with Crippen molar-refractivity contribution < 1.29 is 0 Å². The van der Waals surface area contributed by atoms with Crippen molar-refractivity contribution in [2.24, 2.45) is 0 Å². The number of aromatic nitrogens is 2. The van der Waals surface area contributed by atoms with Gasteiger partial charge in [-0.05, 0) is 48.7 Å². The fourth-order valence-corrected chi connectivity index (χ4v) is 3.52. The molecule has 0 amide bonds. The maximum atomic E-state index is 4.73. The number of aryl methyl sites for hydroxylation is 1. The monoisotopic (exact) mass is 359 g/mol. The molecule has 5 nitrogen and oxygen atoms in total. The Hall–Kier alpha value is -2.92. The molecule has 2 heterocycles. The van der Waals surface area contributed by atoms with Gasteiger partial charge in [0.15, 0.2) is 0 Å². The van der Waals surface area contributed by atoms with Crippen molar-refractivity contribution in [3.63, 3.8) is 0 Å². The van der Waals surface area contributed by atoms with E-state index < -0.39 is 0 Å². The standard InChI is InChI=1S/C22H25N5/c1-16-13-21(26-22(25-16)27(2)19-9-4-3-5-10-19)24-15-18-8-6-7-17-14-23-12-11-20(17)18/h3-10,13,23H,11-12,14-15H2,1-2H3,(H,24,25,26).